The van der Waals surface area contributed by atoms with Crippen LogP contribution in [0.5, 0.6) is 0 Å². The number of nitrogens with zero attached hydrogens (tertiary/aromatic N) is 3. The normalized spacial score (nSPS) is 18.1. The maximum absolute atomic E-state index is 10.8. The third kappa shape index (κ3) is 2.26. The van der Waals surface area contributed by atoms with E-state index < -0.39 is 11.7 Å². The Labute approximate surface area is 104 Å². The van der Waals surface area contributed by atoms with Crippen molar-refractivity contribution >= 4 is 6.09 Å². The molecular weight excluding hydrogens is 234 g/mol. The molecule has 0 radical (unpaired) electrons. The minimum absolute atomic E-state index is 0.297. The van der Waals surface area contributed by atoms with Gasteiger partial charge in [-0.15, -0.1) is 0 Å². The third-order valence-corrected chi connectivity index (χ3v) is 3.28. The standard InChI is InChI=1S/C12H13N3O3/c13-7-10-2-1-9(8-14-10)12(18)3-5-15(6-4-12)11(16)17/h1-2,8,18H,3-6H2,(H,16,17). The molecule has 6 heteroatoms. The Hall–Kier alpha value is -2.13. The number of hydrogen-bond acceptors (Lipinski definition) is 4. The predicted octanol–water partition coefficient (Wildman–Crippen LogP) is 0.915. The summed E-state index contributed by atoms with van der Waals surface area (Å²) in [6.45, 7) is 0.595. The molecule has 0 bridgehead atoms. The van der Waals surface area contributed by atoms with Crippen LogP contribution >= 0.6 is 0 Å². The van der Waals surface area contributed by atoms with Crippen LogP contribution < -0.4 is 0 Å². The fourth-order valence-electron chi connectivity index (χ4n) is 2.09. The molecule has 0 aliphatic carbocycles. The zero-order chi connectivity index (χ0) is 13.2. The SMILES string of the molecule is N#Cc1ccc(C2(O)CCN(C(=O)O)CC2)cn1. The van der Waals surface area contributed by atoms with Crippen LogP contribution in [0.15, 0.2) is 18.3 Å². The molecule has 1 aliphatic rings. The summed E-state index contributed by atoms with van der Waals surface area (Å²) in [7, 11) is 0. The molecule has 2 heterocycles. The van der Waals surface area contributed by atoms with Crippen molar-refractivity contribution in [3.8, 4) is 6.07 Å². The first kappa shape index (κ1) is 12.3. The van der Waals surface area contributed by atoms with Gasteiger partial charge in [0.15, 0.2) is 0 Å². The molecule has 18 heavy (non-hydrogen) atoms. The Kier molecular flexibility index (Phi) is 3.17. The lowest BCUT2D eigenvalue weighted by molar-refractivity contribution is -0.0215. The number of hydrogen-bond donors (Lipinski definition) is 2. The molecule has 1 amide bonds. The van der Waals surface area contributed by atoms with Gasteiger partial charge in [-0.05, 0) is 18.9 Å². The van der Waals surface area contributed by atoms with Crippen molar-refractivity contribution in [1.29, 1.82) is 5.26 Å². The minimum Gasteiger partial charge on any atom is -0.465 e. The first-order valence-electron chi connectivity index (χ1n) is 5.62. The molecule has 2 rings (SSSR count). The van der Waals surface area contributed by atoms with Gasteiger partial charge in [-0.3, -0.25) is 0 Å². The summed E-state index contributed by atoms with van der Waals surface area (Å²) < 4.78 is 0. The fraction of sp³-hybridized carbons (Fsp3) is 0.417. The number of carbonyl (C=O) groups is 1. The molecule has 0 spiro atoms. The molecule has 0 saturated carbocycles. The first-order chi connectivity index (χ1) is 8.55. The molecule has 94 valence electrons. The van der Waals surface area contributed by atoms with Crippen molar-refractivity contribution in [3.05, 3.63) is 29.6 Å². The highest BCUT2D eigenvalue weighted by molar-refractivity contribution is 5.65. The van der Waals surface area contributed by atoms with Crippen LogP contribution in [-0.4, -0.2) is 39.3 Å². The van der Waals surface area contributed by atoms with Gasteiger partial charge in [-0.1, -0.05) is 6.07 Å². The summed E-state index contributed by atoms with van der Waals surface area (Å²) in [5.41, 5.74) is -0.121. The van der Waals surface area contributed by atoms with Crippen molar-refractivity contribution in [2.75, 3.05) is 13.1 Å². The second-order valence-corrected chi connectivity index (χ2v) is 4.35. The van der Waals surface area contributed by atoms with E-state index in [0.717, 1.165) is 0 Å². The van der Waals surface area contributed by atoms with E-state index in [4.69, 9.17) is 10.4 Å². The average Bonchev–Trinajstić information content (AvgIpc) is 2.39. The Morgan fingerprint density at radius 2 is 2.11 bits per heavy atom. The lowest BCUT2D eigenvalue weighted by Crippen LogP contribution is -2.44. The van der Waals surface area contributed by atoms with E-state index in [9.17, 15) is 9.90 Å². The van der Waals surface area contributed by atoms with Crippen LogP contribution in [0.1, 0.15) is 24.1 Å². The number of carboxylic acid groups (broad SMARTS) is 1. The maximum Gasteiger partial charge on any atom is 0.407 e. The number of pyridine rings is 1. The highest BCUT2D eigenvalue weighted by Gasteiger charge is 2.35. The number of amides is 1. The lowest BCUT2D eigenvalue weighted by atomic mass is 9.85. The van der Waals surface area contributed by atoms with Crippen molar-refractivity contribution < 1.29 is 15.0 Å². The van der Waals surface area contributed by atoms with Crippen LogP contribution in [0.25, 0.3) is 0 Å². The second kappa shape index (κ2) is 4.63. The number of aromatic nitrogens is 1. The molecule has 2 N–H and O–H groups in total. The van der Waals surface area contributed by atoms with Gasteiger partial charge in [-0.25, -0.2) is 9.78 Å². The zero-order valence-electron chi connectivity index (χ0n) is 9.70. The zero-order valence-corrected chi connectivity index (χ0v) is 9.70. The van der Waals surface area contributed by atoms with Gasteiger partial charge in [0.25, 0.3) is 0 Å². The quantitative estimate of drug-likeness (QED) is 0.768. The Bertz CT molecular complexity index is 484. The molecule has 1 aromatic rings. The Morgan fingerprint density at radius 1 is 1.44 bits per heavy atom. The molecule has 0 unspecified atom stereocenters. The van der Waals surface area contributed by atoms with Crippen LogP contribution in [0.4, 0.5) is 4.79 Å². The van der Waals surface area contributed by atoms with Gasteiger partial charge in [0, 0.05) is 24.8 Å². The number of likely N-dealkylation sites (tertiary alicyclic amines) is 1. The molecule has 0 atom stereocenters. The van der Waals surface area contributed by atoms with E-state index in [2.05, 4.69) is 4.98 Å². The molecule has 1 saturated heterocycles. The Balaban J connectivity index is 2.13. The van der Waals surface area contributed by atoms with Crippen molar-refractivity contribution in [1.82, 2.24) is 9.88 Å². The molecule has 1 fully saturated rings. The summed E-state index contributed by atoms with van der Waals surface area (Å²) in [4.78, 5) is 16.0. The average molecular weight is 247 g/mol. The number of piperidine rings is 1. The number of rotatable bonds is 1. The van der Waals surface area contributed by atoms with E-state index in [0.29, 0.717) is 37.2 Å². The molecule has 6 nitrogen and oxygen atoms in total. The van der Waals surface area contributed by atoms with Crippen LogP contribution in [0.2, 0.25) is 0 Å². The van der Waals surface area contributed by atoms with Gasteiger partial charge in [0.2, 0.25) is 0 Å². The smallest absolute Gasteiger partial charge is 0.407 e. The van der Waals surface area contributed by atoms with Crippen LogP contribution in [0, 0.1) is 11.3 Å². The monoisotopic (exact) mass is 247 g/mol. The number of aliphatic hydroxyl groups is 1. The lowest BCUT2D eigenvalue weighted by Gasteiger charge is -2.37. The predicted molar refractivity (Wildman–Crippen MR) is 61.7 cm³/mol. The van der Waals surface area contributed by atoms with E-state index in [1.807, 2.05) is 6.07 Å². The minimum atomic E-state index is -1.05. The van der Waals surface area contributed by atoms with E-state index in [-0.39, 0.29) is 0 Å². The van der Waals surface area contributed by atoms with E-state index in [1.165, 1.54) is 11.1 Å². The van der Waals surface area contributed by atoms with Crippen LogP contribution in [-0.2, 0) is 5.60 Å². The third-order valence-electron chi connectivity index (χ3n) is 3.28. The number of nitriles is 1. The molecule has 1 aromatic heterocycles. The van der Waals surface area contributed by atoms with E-state index >= 15 is 0 Å². The largest absolute Gasteiger partial charge is 0.465 e. The van der Waals surface area contributed by atoms with Gasteiger partial charge in [0.1, 0.15) is 11.8 Å². The summed E-state index contributed by atoms with van der Waals surface area (Å²) in [6, 6.07) is 5.13. The van der Waals surface area contributed by atoms with Crippen molar-refractivity contribution in [3.63, 3.8) is 0 Å². The Morgan fingerprint density at radius 3 is 2.56 bits per heavy atom. The molecule has 0 aromatic carbocycles. The summed E-state index contributed by atoms with van der Waals surface area (Å²) in [5.74, 6) is 0. The van der Waals surface area contributed by atoms with Crippen molar-refractivity contribution in [2.24, 2.45) is 0 Å². The first-order valence-corrected chi connectivity index (χ1v) is 5.62. The topological polar surface area (TPSA) is 97.5 Å². The van der Waals surface area contributed by atoms with Crippen molar-refractivity contribution in [2.45, 2.75) is 18.4 Å². The van der Waals surface area contributed by atoms with E-state index in [1.54, 1.807) is 12.1 Å². The highest BCUT2D eigenvalue weighted by Crippen LogP contribution is 2.32. The summed E-state index contributed by atoms with van der Waals surface area (Å²) >= 11 is 0. The maximum atomic E-state index is 10.8. The fourth-order valence-corrected chi connectivity index (χ4v) is 2.09. The van der Waals surface area contributed by atoms with Gasteiger partial charge in [-0.2, -0.15) is 5.26 Å². The van der Waals surface area contributed by atoms with Gasteiger partial charge in [0.05, 0.1) is 5.60 Å². The summed E-state index contributed by atoms with van der Waals surface area (Å²) in [6.07, 6.45) is 1.20. The van der Waals surface area contributed by atoms with Crippen LogP contribution in [0.3, 0.4) is 0 Å². The highest BCUT2D eigenvalue weighted by atomic mass is 16.4. The second-order valence-electron chi connectivity index (χ2n) is 4.35. The summed E-state index contributed by atoms with van der Waals surface area (Å²) in [5, 5.41) is 28.0. The van der Waals surface area contributed by atoms with Gasteiger partial charge >= 0.3 is 6.09 Å². The molecule has 1 aliphatic heterocycles. The molecular formula is C12H13N3O3. The van der Waals surface area contributed by atoms with Gasteiger partial charge < -0.3 is 15.1 Å².